The fraction of sp³-hybridized carbons (Fsp3) is 0.321. The van der Waals surface area contributed by atoms with E-state index in [-0.39, 0.29) is 23.1 Å². The summed E-state index contributed by atoms with van der Waals surface area (Å²) < 4.78 is 25.2. The molecule has 1 fully saturated rings. The van der Waals surface area contributed by atoms with Crippen molar-refractivity contribution in [3.8, 4) is 5.75 Å². The van der Waals surface area contributed by atoms with E-state index in [9.17, 15) is 9.18 Å². The number of amides is 1. The first-order valence-corrected chi connectivity index (χ1v) is 12.4. The molecule has 0 bridgehead atoms. The molecule has 1 saturated carbocycles. The van der Waals surface area contributed by atoms with Gasteiger partial charge in [-0.1, -0.05) is 18.6 Å². The lowest BCUT2D eigenvalue weighted by Crippen LogP contribution is -2.40. The predicted molar refractivity (Wildman–Crippen MR) is 142 cm³/mol. The molecule has 5 rings (SSSR count). The number of aromatic nitrogens is 2. The summed E-state index contributed by atoms with van der Waals surface area (Å²) in [6.45, 7) is 3.49. The zero-order valence-electron chi connectivity index (χ0n) is 21.0. The third-order valence-corrected chi connectivity index (χ3v) is 6.88. The van der Waals surface area contributed by atoms with E-state index in [0.717, 1.165) is 36.8 Å². The fourth-order valence-corrected chi connectivity index (χ4v) is 4.87. The smallest absolute Gasteiger partial charge is 0.250 e. The topological polar surface area (TPSA) is 88.6 Å². The highest BCUT2D eigenvalue weighted by Crippen LogP contribution is 2.53. The second kappa shape index (κ2) is 10.6. The van der Waals surface area contributed by atoms with Crippen LogP contribution in [-0.4, -0.2) is 42.7 Å². The van der Waals surface area contributed by atoms with Crippen molar-refractivity contribution in [2.24, 2.45) is 0 Å². The molecule has 192 valence electrons. The number of hydrogen-bond acceptors (Lipinski definition) is 7. The van der Waals surface area contributed by atoms with E-state index in [2.05, 4.69) is 20.6 Å². The molecule has 0 atom stereocenters. The minimum atomic E-state index is -0.578. The maximum atomic E-state index is 14.6. The number of ether oxygens (including phenoxy) is 2. The molecule has 9 heteroatoms. The average molecular weight is 504 g/mol. The number of anilines is 5. The monoisotopic (exact) mass is 503 g/mol. The van der Waals surface area contributed by atoms with Gasteiger partial charge in [-0.15, -0.1) is 0 Å². The molecule has 2 heterocycles. The number of methoxy groups -OCH3 is 1. The largest absolute Gasteiger partial charge is 0.491 e. The van der Waals surface area contributed by atoms with Crippen LogP contribution >= 0.6 is 0 Å². The van der Waals surface area contributed by atoms with Crippen molar-refractivity contribution in [3.05, 3.63) is 72.2 Å². The number of halogens is 1. The lowest BCUT2D eigenvalue weighted by molar-refractivity contribution is -0.114. The molecule has 1 aliphatic carbocycles. The number of benzene rings is 2. The van der Waals surface area contributed by atoms with Crippen molar-refractivity contribution in [3.63, 3.8) is 0 Å². The Balaban J connectivity index is 1.33. The van der Waals surface area contributed by atoms with Crippen LogP contribution in [0.1, 0.15) is 31.7 Å². The highest BCUT2D eigenvalue weighted by molar-refractivity contribution is 6.04. The number of fused-ring (bicyclic) bond motifs is 2. The summed E-state index contributed by atoms with van der Waals surface area (Å²) in [6, 6.07) is 13.2. The summed E-state index contributed by atoms with van der Waals surface area (Å²) in [5, 5.41) is 6.15. The van der Waals surface area contributed by atoms with E-state index in [1.165, 1.54) is 5.56 Å². The van der Waals surface area contributed by atoms with E-state index in [4.69, 9.17) is 9.47 Å². The van der Waals surface area contributed by atoms with Gasteiger partial charge in [0.1, 0.15) is 12.4 Å². The molecule has 1 aromatic heterocycles. The lowest BCUT2D eigenvalue weighted by atomic mass is 9.66. The Labute approximate surface area is 215 Å². The summed E-state index contributed by atoms with van der Waals surface area (Å²) in [6.07, 6.45) is 7.77. The minimum absolute atomic E-state index is 0.0345. The molecular formula is C28H30FN5O3. The molecule has 1 amide bonds. The Kier molecular flexibility index (Phi) is 7.05. The number of carbonyl (C=O) groups is 1. The van der Waals surface area contributed by atoms with E-state index in [1.807, 2.05) is 54.3 Å². The van der Waals surface area contributed by atoms with Crippen LogP contribution < -0.4 is 20.3 Å². The van der Waals surface area contributed by atoms with Gasteiger partial charge >= 0.3 is 0 Å². The number of nitrogens with zero attached hydrogens (tertiary/aromatic N) is 3. The van der Waals surface area contributed by atoms with E-state index in [1.54, 1.807) is 19.3 Å². The number of carbonyl (C=O) groups excluding carboxylic acids is 1. The van der Waals surface area contributed by atoms with E-state index < -0.39 is 5.82 Å². The van der Waals surface area contributed by atoms with Crippen LogP contribution in [0, 0.1) is 5.82 Å². The van der Waals surface area contributed by atoms with Gasteiger partial charge in [0, 0.05) is 36.1 Å². The summed E-state index contributed by atoms with van der Waals surface area (Å²) in [7, 11) is 1.62. The molecular weight excluding hydrogens is 473 g/mol. The molecule has 1 aliphatic heterocycles. The van der Waals surface area contributed by atoms with Gasteiger partial charge in [0.2, 0.25) is 5.95 Å². The van der Waals surface area contributed by atoms with Crippen molar-refractivity contribution in [2.45, 2.75) is 31.6 Å². The zero-order chi connectivity index (χ0) is 25.8. The maximum Gasteiger partial charge on any atom is 0.250 e. The summed E-state index contributed by atoms with van der Waals surface area (Å²) in [4.78, 5) is 23.0. The summed E-state index contributed by atoms with van der Waals surface area (Å²) >= 11 is 0. The van der Waals surface area contributed by atoms with Gasteiger partial charge in [0.15, 0.2) is 11.6 Å². The minimum Gasteiger partial charge on any atom is -0.491 e. The number of nitrogens with one attached hydrogen (secondary N) is 2. The highest BCUT2D eigenvalue weighted by Gasteiger charge is 2.48. The summed E-state index contributed by atoms with van der Waals surface area (Å²) in [5.74, 6) is 0.382. The van der Waals surface area contributed by atoms with Gasteiger partial charge in [0.25, 0.3) is 5.91 Å². The number of rotatable bonds is 9. The predicted octanol–water partition coefficient (Wildman–Crippen LogP) is 5.47. The Morgan fingerprint density at radius 2 is 1.92 bits per heavy atom. The first kappa shape index (κ1) is 24.7. The molecule has 2 aromatic carbocycles. The molecule has 0 radical (unpaired) electrons. The molecule has 2 N–H and O–H groups in total. The third kappa shape index (κ3) is 5.13. The van der Waals surface area contributed by atoms with Gasteiger partial charge in [-0.2, -0.15) is 4.98 Å². The van der Waals surface area contributed by atoms with Crippen molar-refractivity contribution in [1.29, 1.82) is 0 Å². The Morgan fingerprint density at radius 3 is 2.62 bits per heavy atom. The first-order valence-electron chi connectivity index (χ1n) is 12.4. The van der Waals surface area contributed by atoms with Gasteiger partial charge < -0.3 is 25.0 Å². The standard InChI is InChI=1S/C28H30FN5O3/c1-3-5-25(35)34-18-28(12-4-13-28)22-11-8-20(16-24(22)34)31-26-23(29)17-30-27(33-26)32-19-6-9-21(10-7-19)37-15-14-36-2/h3,5-11,16-17H,4,12-15,18H2,1-2H3,(H2,30,31,32,33)/b5-3+. The van der Waals surface area contributed by atoms with Crippen molar-refractivity contribution in [2.75, 3.05) is 42.4 Å². The van der Waals surface area contributed by atoms with Crippen LogP contribution in [0.2, 0.25) is 0 Å². The number of allylic oxidation sites excluding steroid dienone is 1. The van der Waals surface area contributed by atoms with Crippen molar-refractivity contribution < 1.29 is 18.7 Å². The molecule has 0 unspecified atom stereocenters. The van der Waals surface area contributed by atoms with Crippen LogP contribution in [0.5, 0.6) is 5.75 Å². The summed E-state index contributed by atoms with van der Waals surface area (Å²) in [5.41, 5.74) is 3.47. The lowest BCUT2D eigenvalue weighted by Gasteiger charge is -2.38. The Bertz CT molecular complexity index is 1310. The van der Waals surface area contributed by atoms with Crippen LogP contribution in [0.4, 0.5) is 33.2 Å². The second-order valence-electron chi connectivity index (χ2n) is 9.30. The van der Waals surface area contributed by atoms with Crippen LogP contribution in [0.3, 0.4) is 0 Å². The van der Waals surface area contributed by atoms with Crippen LogP contribution in [0.15, 0.2) is 60.8 Å². The number of hydrogen-bond donors (Lipinski definition) is 2. The zero-order valence-corrected chi connectivity index (χ0v) is 21.0. The maximum absolute atomic E-state index is 14.6. The van der Waals surface area contributed by atoms with Crippen molar-refractivity contribution in [1.82, 2.24) is 9.97 Å². The molecule has 0 saturated heterocycles. The molecule has 37 heavy (non-hydrogen) atoms. The Morgan fingerprint density at radius 1 is 1.14 bits per heavy atom. The van der Waals surface area contributed by atoms with E-state index >= 15 is 0 Å². The molecule has 8 nitrogen and oxygen atoms in total. The van der Waals surface area contributed by atoms with Gasteiger partial charge in [0.05, 0.1) is 12.8 Å². The molecule has 2 aliphatic rings. The van der Waals surface area contributed by atoms with Gasteiger partial charge in [-0.05, 0) is 67.8 Å². The highest BCUT2D eigenvalue weighted by atomic mass is 19.1. The average Bonchev–Trinajstić information content (AvgIpc) is 3.23. The molecule has 1 spiro atoms. The van der Waals surface area contributed by atoms with Crippen molar-refractivity contribution >= 4 is 34.7 Å². The third-order valence-electron chi connectivity index (χ3n) is 6.88. The quantitative estimate of drug-likeness (QED) is 0.296. The van der Waals surface area contributed by atoms with E-state index in [0.29, 0.717) is 31.2 Å². The molecule has 3 aromatic rings. The first-order chi connectivity index (χ1) is 18.0. The van der Waals surface area contributed by atoms with Crippen LogP contribution in [-0.2, 0) is 14.9 Å². The Hall–Kier alpha value is -3.98. The normalized spacial score (nSPS) is 15.5. The van der Waals surface area contributed by atoms with Crippen LogP contribution in [0.25, 0.3) is 0 Å². The second-order valence-corrected chi connectivity index (χ2v) is 9.30. The van der Waals surface area contributed by atoms with Gasteiger partial charge in [-0.3, -0.25) is 4.79 Å². The SMILES string of the molecule is C/C=C/C(=O)N1CC2(CCC2)c2ccc(Nc3nc(Nc4ccc(OCCOC)cc4)ncc3F)cc21. The fourth-order valence-electron chi connectivity index (χ4n) is 4.87. The van der Waals surface area contributed by atoms with Gasteiger partial charge in [-0.25, -0.2) is 9.37 Å².